The van der Waals surface area contributed by atoms with Crippen LogP contribution in [0.5, 0.6) is 0 Å². The van der Waals surface area contributed by atoms with Crippen LogP contribution in [-0.2, 0) is 24.1 Å². The molecule has 0 aromatic carbocycles. The van der Waals surface area contributed by atoms with Crippen molar-refractivity contribution in [3.05, 3.63) is 0 Å². The van der Waals surface area contributed by atoms with Crippen molar-refractivity contribution in [3.63, 3.8) is 0 Å². The minimum atomic E-state index is -3.64. The summed E-state index contributed by atoms with van der Waals surface area (Å²) in [6, 6.07) is 0. The molecule has 0 aromatic rings. The summed E-state index contributed by atoms with van der Waals surface area (Å²) in [5, 5.41) is -0.778. The van der Waals surface area contributed by atoms with Crippen molar-refractivity contribution >= 4 is 31.6 Å². The van der Waals surface area contributed by atoms with Crippen molar-refractivity contribution in [1.82, 2.24) is 0 Å². The van der Waals surface area contributed by atoms with Crippen molar-refractivity contribution in [1.29, 1.82) is 0 Å². The van der Waals surface area contributed by atoms with E-state index in [1.54, 1.807) is 0 Å². The molecule has 1 aliphatic heterocycles. The minimum Gasteiger partial charge on any atom is -0.264 e. The molecule has 0 saturated carbocycles. The van der Waals surface area contributed by atoms with Crippen molar-refractivity contribution in [2.24, 2.45) is 0 Å². The number of sulfone groups is 1. The van der Waals surface area contributed by atoms with Gasteiger partial charge in [-0.1, -0.05) is 0 Å². The van der Waals surface area contributed by atoms with Crippen LogP contribution in [0.25, 0.3) is 0 Å². The Balaban J connectivity index is 2.76. The van der Waals surface area contributed by atoms with Gasteiger partial charge < -0.3 is 0 Å². The second-order valence-electron chi connectivity index (χ2n) is 2.93. The molecule has 0 spiro atoms. The number of rotatable bonds is 2. The topological polar surface area (TPSA) is 77.5 Å². The van der Waals surface area contributed by atoms with E-state index in [1.165, 1.54) is 0 Å². The van der Waals surface area contributed by atoms with E-state index in [4.69, 9.17) is 11.6 Å². The zero-order chi connectivity index (χ0) is 10.3. The van der Waals surface area contributed by atoms with Crippen LogP contribution in [0.4, 0.5) is 0 Å². The molecule has 0 radical (unpaired) electrons. The normalized spacial score (nSPS) is 33.4. The monoisotopic (exact) mass is 248 g/mol. The number of hydrogen-bond acceptors (Lipinski definition) is 5. The van der Waals surface area contributed by atoms with Crippen LogP contribution in [-0.4, -0.2) is 46.1 Å². The lowest BCUT2D eigenvalue weighted by molar-refractivity contribution is 0.241. The maximum absolute atomic E-state index is 11.0. The molecule has 78 valence electrons. The Kier molecular flexibility index (Phi) is 2.92. The van der Waals surface area contributed by atoms with E-state index >= 15 is 0 Å². The molecule has 13 heavy (non-hydrogen) atoms. The Bertz CT molecular complexity index is 383. The van der Waals surface area contributed by atoms with E-state index in [-0.39, 0.29) is 11.5 Å². The molecular weight excluding hydrogens is 240 g/mol. The van der Waals surface area contributed by atoms with Gasteiger partial charge in [-0.15, -0.1) is 11.6 Å². The fourth-order valence-electron chi connectivity index (χ4n) is 1.09. The van der Waals surface area contributed by atoms with Crippen molar-refractivity contribution < 1.29 is 21.0 Å². The highest BCUT2D eigenvalue weighted by atomic mass is 35.5. The molecule has 0 amide bonds. The van der Waals surface area contributed by atoms with Gasteiger partial charge in [0, 0.05) is 0 Å². The zero-order valence-electron chi connectivity index (χ0n) is 6.80. The molecule has 2 atom stereocenters. The summed E-state index contributed by atoms with van der Waals surface area (Å²) >= 11 is 5.60. The van der Waals surface area contributed by atoms with Crippen LogP contribution in [0.3, 0.4) is 0 Å². The average molecular weight is 249 g/mol. The third kappa shape index (κ3) is 3.41. The first-order chi connectivity index (χ1) is 5.70. The standard InChI is InChI=1S/C5H9ClO5S2/c1-12(7,8)11-5-3-13(9,10)2-4(5)6/h4-5H,2-3H2,1H3/t4-,5+/m0/s1. The summed E-state index contributed by atoms with van der Waals surface area (Å²) in [7, 11) is -6.88. The lowest BCUT2D eigenvalue weighted by Crippen LogP contribution is -2.25. The maximum Gasteiger partial charge on any atom is 0.264 e. The highest BCUT2D eigenvalue weighted by molar-refractivity contribution is 7.92. The highest BCUT2D eigenvalue weighted by Crippen LogP contribution is 2.21. The fourth-order valence-corrected chi connectivity index (χ4v) is 4.34. The summed E-state index contributed by atoms with van der Waals surface area (Å²) < 4.78 is 47.8. The Morgan fingerprint density at radius 2 is 1.92 bits per heavy atom. The molecule has 1 saturated heterocycles. The van der Waals surface area contributed by atoms with Crippen LogP contribution in [0, 0.1) is 0 Å². The molecule has 5 nitrogen and oxygen atoms in total. The second kappa shape index (κ2) is 3.38. The summed E-state index contributed by atoms with van der Waals surface area (Å²) in [4.78, 5) is 0. The predicted octanol–water partition coefficient (Wildman–Crippen LogP) is -0.633. The van der Waals surface area contributed by atoms with Gasteiger partial charge in [-0.25, -0.2) is 8.42 Å². The SMILES string of the molecule is CS(=O)(=O)O[C@@H]1CS(=O)(=O)C[C@@H]1Cl. The van der Waals surface area contributed by atoms with Gasteiger partial charge in [0.15, 0.2) is 9.84 Å². The first kappa shape index (κ1) is 11.2. The van der Waals surface area contributed by atoms with Crippen LogP contribution in [0.2, 0.25) is 0 Å². The first-order valence-electron chi connectivity index (χ1n) is 3.42. The lowest BCUT2D eigenvalue weighted by atomic mass is 10.3. The molecular formula is C5H9ClO5S2. The van der Waals surface area contributed by atoms with Crippen molar-refractivity contribution in [2.45, 2.75) is 11.5 Å². The smallest absolute Gasteiger partial charge is 0.264 e. The number of halogens is 1. The van der Waals surface area contributed by atoms with Crippen molar-refractivity contribution in [2.75, 3.05) is 17.8 Å². The summed E-state index contributed by atoms with van der Waals surface area (Å²) in [6.45, 7) is 0. The summed E-state index contributed by atoms with van der Waals surface area (Å²) in [5.41, 5.74) is 0. The molecule has 8 heteroatoms. The van der Waals surface area contributed by atoms with E-state index in [1.807, 2.05) is 0 Å². The van der Waals surface area contributed by atoms with Gasteiger partial charge in [0.1, 0.15) is 6.10 Å². The Hall–Kier alpha value is 0.150. The fraction of sp³-hybridized carbons (Fsp3) is 1.00. The van der Waals surface area contributed by atoms with Crippen LogP contribution >= 0.6 is 11.6 Å². The molecule has 0 aromatic heterocycles. The van der Waals surface area contributed by atoms with E-state index in [2.05, 4.69) is 4.18 Å². The number of alkyl halides is 1. The van der Waals surface area contributed by atoms with E-state index in [9.17, 15) is 16.8 Å². The summed E-state index contributed by atoms with van der Waals surface area (Å²) in [5.74, 6) is -0.553. The van der Waals surface area contributed by atoms with Gasteiger partial charge in [-0.3, -0.25) is 4.18 Å². The highest BCUT2D eigenvalue weighted by Gasteiger charge is 2.39. The summed E-state index contributed by atoms with van der Waals surface area (Å²) in [6.07, 6.45) is -0.0803. The van der Waals surface area contributed by atoms with Gasteiger partial charge in [-0.05, 0) is 0 Å². The van der Waals surface area contributed by atoms with E-state index < -0.39 is 31.4 Å². The van der Waals surface area contributed by atoms with Gasteiger partial charge in [0.2, 0.25) is 0 Å². The molecule has 0 bridgehead atoms. The molecule has 1 rings (SSSR count). The van der Waals surface area contributed by atoms with Crippen LogP contribution in [0.15, 0.2) is 0 Å². The molecule has 1 heterocycles. The van der Waals surface area contributed by atoms with Crippen LogP contribution < -0.4 is 0 Å². The maximum atomic E-state index is 11.0. The molecule has 0 unspecified atom stereocenters. The van der Waals surface area contributed by atoms with E-state index in [0.29, 0.717) is 0 Å². The second-order valence-corrected chi connectivity index (χ2v) is 7.25. The van der Waals surface area contributed by atoms with Gasteiger partial charge in [0.25, 0.3) is 10.1 Å². The minimum absolute atomic E-state index is 0.227. The van der Waals surface area contributed by atoms with Gasteiger partial charge in [-0.2, -0.15) is 8.42 Å². The van der Waals surface area contributed by atoms with Gasteiger partial charge >= 0.3 is 0 Å². The van der Waals surface area contributed by atoms with Gasteiger partial charge in [0.05, 0.1) is 23.1 Å². The molecule has 1 fully saturated rings. The third-order valence-corrected chi connectivity index (χ3v) is 4.45. The predicted molar refractivity (Wildman–Crippen MR) is 48.0 cm³/mol. The first-order valence-corrected chi connectivity index (χ1v) is 7.50. The Morgan fingerprint density at radius 3 is 2.23 bits per heavy atom. The quantitative estimate of drug-likeness (QED) is 0.480. The third-order valence-electron chi connectivity index (χ3n) is 1.53. The molecule has 1 aliphatic rings. The lowest BCUT2D eigenvalue weighted by Gasteiger charge is -2.10. The van der Waals surface area contributed by atoms with Crippen molar-refractivity contribution in [3.8, 4) is 0 Å². The largest absolute Gasteiger partial charge is 0.264 e. The van der Waals surface area contributed by atoms with E-state index in [0.717, 1.165) is 6.26 Å². The Morgan fingerprint density at radius 1 is 1.38 bits per heavy atom. The molecule has 0 aliphatic carbocycles. The zero-order valence-corrected chi connectivity index (χ0v) is 9.19. The average Bonchev–Trinajstić information content (AvgIpc) is 2.00. The number of hydrogen-bond donors (Lipinski definition) is 0. The molecule has 0 N–H and O–H groups in total. The van der Waals surface area contributed by atoms with Crippen LogP contribution in [0.1, 0.15) is 0 Å². The Labute approximate surface area is 82.1 Å².